The van der Waals surface area contributed by atoms with Gasteiger partial charge in [0.2, 0.25) is 0 Å². The summed E-state index contributed by atoms with van der Waals surface area (Å²) in [6, 6.07) is 4.03. The first-order valence-corrected chi connectivity index (χ1v) is 8.07. The second-order valence-corrected chi connectivity index (χ2v) is 5.69. The van der Waals surface area contributed by atoms with Crippen LogP contribution < -0.4 is 0 Å². The Morgan fingerprint density at radius 2 is 1.23 bits per heavy atom. The molecule has 22 heavy (non-hydrogen) atoms. The molecule has 0 atom stereocenters. The van der Waals surface area contributed by atoms with E-state index in [1.54, 1.807) is 0 Å². The number of carbonyl (C=O) groups excluding carboxylic acids is 2. The van der Waals surface area contributed by atoms with Crippen molar-refractivity contribution < 1.29 is 9.59 Å². The molecule has 0 unspecified atom stereocenters. The molecule has 2 N–H and O–H groups in total. The Labute approximate surface area is 131 Å². The van der Waals surface area contributed by atoms with Crippen LogP contribution in [0, 0.1) is 0 Å². The van der Waals surface area contributed by atoms with Crippen LogP contribution in [0.5, 0.6) is 0 Å². The minimum absolute atomic E-state index is 0.640. The maximum atomic E-state index is 11.2. The molecule has 2 rings (SSSR count). The van der Waals surface area contributed by atoms with Crippen LogP contribution in [0.4, 0.5) is 0 Å². The molecule has 0 aliphatic carbocycles. The third-order valence-electron chi connectivity index (χ3n) is 3.99. The molecule has 2 aromatic heterocycles. The van der Waals surface area contributed by atoms with Gasteiger partial charge in [-0.3, -0.25) is 9.59 Å². The number of aromatic amines is 2. The fourth-order valence-corrected chi connectivity index (χ4v) is 2.68. The van der Waals surface area contributed by atoms with Gasteiger partial charge in [-0.2, -0.15) is 0 Å². The lowest BCUT2D eigenvalue weighted by Gasteiger charge is -1.95. The molecule has 2 heterocycles. The Morgan fingerprint density at radius 1 is 0.818 bits per heavy atom. The second-order valence-electron chi connectivity index (χ2n) is 5.69. The molecule has 0 aliphatic heterocycles. The van der Waals surface area contributed by atoms with Crippen LogP contribution in [0.1, 0.15) is 71.6 Å². The molecule has 118 valence electrons. The summed E-state index contributed by atoms with van der Waals surface area (Å²) in [5, 5.41) is 0. The predicted octanol–water partition coefficient (Wildman–Crippen LogP) is 4.32. The van der Waals surface area contributed by atoms with Gasteiger partial charge < -0.3 is 9.97 Å². The van der Waals surface area contributed by atoms with Crippen molar-refractivity contribution in [2.45, 2.75) is 52.4 Å². The molecule has 0 fully saturated rings. The van der Waals surface area contributed by atoms with E-state index < -0.39 is 0 Å². The van der Waals surface area contributed by atoms with Crippen LogP contribution in [0.25, 0.3) is 11.4 Å². The maximum absolute atomic E-state index is 11.2. The number of unbranched alkanes of at least 4 members (excludes halogenated alkanes) is 2. The molecular formula is C18H24N2O2. The van der Waals surface area contributed by atoms with E-state index in [1.807, 2.05) is 12.1 Å². The van der Waals surface area contributed by atoms with E-state index in [2.05, 4.69) is 23.8 Å². The van der Waals surface area contributed by atoms with Gasteiger partial charge in [0.25, 0.3) is 0 Å². The molecule has 0 amide bonds. The molecular weight excluding hydrogens is 276 g/mol. The van der Waals surface area contributed by atoms with Gasteiger partial charge in [-0.1, -0.05) is 26.7 Å². The Kier molecular flexibility index (Phi) is 5.75. The average molecular weight is 300 g/mol. The highest BCUT2D eigenvalue weighted by atomic mass is 16.1. The zero-order valence-corrected chi connectivity index (χ0v) is 13.4. The molecule has 4 nitrogen and oxygen atoms in total. The van der Waals surface area contributed by atoms with Crippen molar-refractivity contribution in [2.24, 2.45) is 0 Å². The van der Waals surface area contributed by atoms with E-state index in [0.29, 0.717) is 11.4 Å². The van der Waals surface area contributed by atoms with Crippen molar-refractivity contribution in [3.8, 4) is 11.4 Å². The fourth-order valence-electron chi connectivity index (χ4n) is 2.68. The molecule has 0 spiro atoms. The van der Waals surface area contributed by atoms with Crippen molar-refractivity contribution in [1.29, 1.82) is 0 Å². The van der Waals surface area contributed by atoms with Crippen molar-refractivity contribution >= 4 is 12.6 Å². The van der Waals surface area contributed by atoms with E-state index in [4.69, 9.17) is 0 Å². The molecule has 0 aromatic carbocycles. The van der Waals surface area contributed by atoms with Crippen LogP contribution in [-0.2, 0) is 12.8 Å². The smallest absolute Gasteiger partial charge is 0.166 e. The van der Waals surface area contributed by atoms with Crippen LogP contribution in [0.15, 0.2) is 12.1 Å². The van der Waals surface area contributed by atoms with Gasteiger partial charge in [0.15, 0.2) is 12.6 Å². The molecule has 0 saturated carbocycles. The zero-order valence-electron chi connectivity index (χ0n) is 13.4. The first kappa shape index (κ1) is 16.3. The van der Waals surface area contributed by atoms with E-state index in [-0.39, 0.29) is 0 Å². The normalized spacial score (nSPS) is 10.8. The number of carbonyl (C=O) groups is 2. The maximum Gasteiger partial charge on any atom is 0.166 e. The number of aromatic nitrogens is 2. The Balaban J connectivity index is 2.30. The molecule has 4 heteroatoms. The van der Waals surface area contributed by atoms with Crippen molar-refractivity contribution in [1.82, 2.24) is 9.97 Å². The highest BCUT2D eigenvalue weighted by molar-refractivity contribution is 5.80. The van der Waals surface area contributed by atoms with Crippen LogP contribution in [0.3, 0.4) is 0 Å². The van der Waals surface area contributed by atoms with Gasteiger partial charge in [0.1, 0.15) is 0 Å². The van der Waals surface area contributed by atoms with Gasteiger partial charge in [-0.15, -0.1) is 0 Å². The van der Waals surface area contributed by atoms with Crippen LogP contribution >= 0.6 is 0 Å². The minimum atomic E-state index is 0.640. The predicted molar refractivity (Wildman–Crippen MR) is 88.6 cm³/mol. The summed E-state index contributed by atoms with van der Waals surface area (Å²) in [6.45, 7) is 4.27. The Hall–Kier alpha value is -2.10. The van der Waals surface area contributed by atoms with Crippen molar-refractivity contribution in [3.05, 3.63) is 34.6 Å². The third kappa shape index (κ3) is 3.56. The van der Waals surface area contributed by atoms with Crippen LogP contribution in [0.2, 0.25) is 0 Å². The standard InChI is InChI=1S/C18H24N2O2/c1-3-5-7-13-9-15(19-17(13)11-21)16-10-14(8-6-4-2)18(12-22)20-16/h9-12,19-20H,3-8H2,1-2H3. The molecule has 0 aliphatic rings. The second kappa shape index (κ2) is 7.78. The quantitative estimate of drug-likeness (QED) is 0.677. The summed E-state index contributed by atoms with van der Waals surface area (Å²) in [6.07, 6.45) is 7.84. The molecule has 0 radical (unpaired) electrons. The fraction of sp³-hybridized carbons (Fsp3) is 0.444. The topological polar surface area (TPSA) is 65.7 Å². The third-order valence-corrected chi connectivity index (χ3v) is 3.99. The van der Waals surface area contributed by atoms with E-state index >= 15 is 0 Å². The van der Waals surface area contributed by atoms with Gasteiger partial charge in [-0.25, -0.2) is 0 Å². The monoisotopic (exact) mass is 300 g/mol. The summed E-state index contributed by atoms with van der Waals surface area (Å²) >= 11 is 0. The first-order chi connectivity index (χ1) is 10.7. The Morgan fingerprint density at radius 3 is 1.55 bits per heavy atom. The highest BCUT2D eigenvalue weighted by Gasteiger charge is 2.13. The lowest BCUT2D eigenvalue weighted by molar-refractivity contribution is 0.111. The van der Waals surface area contributed by atoms with E-state index in [9.17, 15) is 9.59 Å². The van der Waals surface area contributed by atoms with Gasteiger partial charge in [-0.05, 0) is 48.9 Å². The SMILES string of the molecule is CCCCc1cc(-c2cc(CCCC)c(C=O)[nH]2)[nH]c1C=O. The van der Waals surface area contributed by atoms with E-state index in [0.717, 1.165) is 73.6 Å². The van der Waals surface area contributed by atoms with Crippen molar-refractivity contribution in [3.63, 3.8) is 0 Å². The summed E-state index contributed by atoms with van der Waals surface area (Å²) in [5.41, 5.74) is 5.12. The van der Waals surface area contributed by atoms with Crippen molar-refractivity contribution in [2.75, 3.05) is 0 Å². The molecule has 0 saturated heterocycles. The average Bonchev–Trinajstić information content (AvgIpc) is 3.14. The Bertz CT molecular complexity index is 581. The molecule has 0 bridgehead atoms. The number of nitrogens with one attached hydrogen (secondary N) is 2. The lowest BCUT2D eigenvalue weighted by Crippen LogP contribution is -1.89. The zero-order chi connectivity index (χ0) is 15.9. The number of H-pyrrole nitrogens is 2. The number of hydrogen-bond acceptors (Lipinski definition) is 2. The minimum Gasteiger partial charge on any atom is -0.351 e. The number of aldehydes is 2. The van der Waals surface area contributed by atoms with Gasteiger partial charge >= 0.3 is 0 Å². The highest BCUT2D eigenvalue weighted by Crippen LogP contribution is 2.25. The summed E-state index contributed by atoms with van der Waals surface area (Å²) in [4.78, 5) is 28.7. The van der Waals surface area contributed by atoms with E-state index in [1.165, 1.54) is 0 Å². The first-order valence-electron chi connectivity index (χ1n) is 8.07. The van der Waals surface area contributed by atoms with Gasteiger partial charge in [0.05, 0.1) is 22.8 Å². The lowest BCUT2D eigenvalue weighted by atomic mass is 10.1. The molecule has 2 aromatic rings. The number of aryl methyl sites for hydroxylation is 2. The number of rotatable bonds is 9. The largest absolute Gasteiger partial charge is 0.351 e. The summed E-state index contributed by atoms with van der Waals surface area (Å²) in [5.74, 6) is 0. The number of hydrogen-bond donors (Lipinski definition) is 2. The van der Waals surface area contributed by atoms with Gasteiger partial charge in [0, 0.05) is 0 Å². The summed E-state index contributed by atoms with van der Waals surface area (Å²) in [7, 11) is 0. The van der Waals surface area contributed by atoms with Crippen LogP contribution in [-0.4, -0.2) is 22.5 Å². The summed E-state index contributed by atoms with van der Waals surface area (Å²) < 4.78 is 0.